The number of ether oxygens (including phenoxy) is 4. The molecule has 7 rings (SSSR count). The number of para-hydroxylation sites is 1. The molecule has 1 unspecified atom stereocenters. The van der Waals surface area contributed by atoms with E-state index in [1.807, 2.05) is 94.7 Å². The van der Waals surface area contributed by atoms with Crippen LogP contribution in [0.3, 0.4) is 0 Å². The second-order valence-electron chi connectivity index (χ2n) is 21.9. The number of aliphatic hydroxyl groups excluding tert-OH is 1. The molecule has 1 saturated carbocycles. The summed E-state index contributed by atoms with van der Waals surface area (Å²) in [7, 11) is 0. The number of rotatable bonds is 29. The van der Waals surface area contributed by atoms with E-state index in [2.05, 4.69) is 27.8 Å². The lowest BCUT2D eigenvalue weighted by molar-refractivity contribution is -0.138. The first kappa shape index (κ1) is 58.9. The van der Waals surface area contributed by atoms with Crippen molar-refractivity contribution in [1.82, 2.24) is 15.6 Å². The lowest BCUT2D eigenvalue weighted by Crippen LogP contribution is -2.53. The van der Waals surface area contributed by atoms with Gasteiger partial charge in [0.2, 0.25) is 23.6 Å². The molecular weight excluding hydrogens is 1000 g/mol. The number of benzene rings is 3. The number of primary amides is 1. The molecule has 18 heteroatoms. The maximum Gasteiger partial charge on any atom is 0.246 e. The Morgan fingerprint density at radius 3 is 2.23 bits per heavy atom. The highest BCUT2D eigenvalue weighted by atomic mass is 32.1. The van der Waals surface area contributed by atoms with Crippen molar-refractivity contribution in [2.45, 2.75) is 142 Å². The Balaban J connectivity index is 0.750. The zero-order valence-corrected chi connectivity index (χ0v) is 46.1. The molecule has 1 aromatic heterocycles. The summed E-state index contributed by atoms with van der Waals surface area (Å²) in [5, 5.41) is 16.4. The Kier molecular flexibility index (Phi) is 21.2. The molecule has 2 aliphatic heterocycles. The number of nitrogens with one attached hydrogen (secondary N) is 2. The molecule has 3 heterocycles. The second kappa shape index (κ2) is 27.7. The molecule has 3 aliphatic rings. The topological polar surface area (TPSA) is 252 Å². The van der Waals surface area contributed by atoms with Crippen LogP contribution in [-0.2, 0) is 80.1 Å². The van der Waals surface area contributed by atoms with Crippen molar-refractivity contribution in [3.05, 3.63) is 106 Å². The highest BCUT2D eigenvalue weighted by molar-refractivity contribution is 7.13. The molecule has 17 nitrogen and oxygen atoms in total. The van der Waals surface area contributed by atoms with Gasteiger partial charge in [0.05, 0.1) is 91.1 Å². The first-order chi connectivity index (χ1) is 36.9. The van der Waals surface area contributed by atoms with E-state index in [1.54, 1.807) is 16.2 Å². The van der Waals surface area contributed by atoms with E-state index >= 15 is 0 Å². The van der Waals surface area contributed by atoms with Crippen LogP contribution >= 0.6 is 11.3 Å². The number of carbonyl (C=O) groups excluding carboxylic acids is 6. The van der Waals surface area contributed by atoms with E-state index in [0.717, 1.165) is 62.5 Å². The van der Waals surface area contributed by atoms with Gasteiger partial charge in [0.1, 0.15) is 6.61 Å². The van der Waals surface area contributed by atoms with Crippen molar-refractivity contribution in [3.63, 3.8) is 0 Å². The second-order valence-corrected chi connectivity index (χ2v) is 22.8. The van der Waals surface area contributed by atoms with Gasteiger partial charge in [0.15, 0.2) is 11.6 Å². The quantitative estimate of drug-likeness (QED) is 0.0399. The molecule has 416 valence electrons. The van der Waals surface area contributed by atoms with E-state index in [-0.39, 0.29) is 87.5 Å². The van der Waals surface area contributed by atoms with Crippen LogP contribution in [0.1, 0.15) is 106 Å². The van der Waals surface area contributed by atoms with Crippen LogP contribution in [0, 0.1) is 30.1 Å². The van der Waals surface area contributed by atoms with Gasteiger partial charge in [0, 0.05) is 38.3 Å². The standard InChI is InChI=1S/C59H78N6O11S/c1-36-55(77-35-63-36)42-17-15-39(16-18-42)32-62-57(71)47-31-45(66)30-46(47)54(70)56(59(3,4)5)64-52(69)34-75-27-26-74-25-24-73-23-7-8-38-11-13-40(14-12-38)33-76-37(2)43(20-22-51(61)68)29-50(67)49-28-44-10-6-9-41-19-21-48(60)58(72)65(49)53(41)44/h6,9-18,35,37,43,45-49,56,66H,7-8,19-34,60H2,1-5H3,(H2,61,68)(H,62,71)(H,64,69)/t37-,43-,45+,46?,47-,48+,49+,56-/m1/s1. The van der Waals surface area contributed by atoms with Gasteiger partial charge >= 0.3 is 0 Å². The van der Waals surface area contributed by atoms with Gasteiger partial charge in [-0.15, -0.1) is 11.3 Å². The average Bonchev–Trinajstić information content (AvgIpc) is 4.22. The number of aryl methyl sites for hydroxylation is 3. The Hall–Kier alpha value is -5.73. The number of hydrogen-bond acceptors (Lipinski definition) is 14. The lowest BCUT2D eigenvalue weighted by Gasteiger charge is -2.33. The van der Waals surface area contributed by atoms with Crippen LogP contribution < -0.4 is 27.0 Å². The third-order valence-electron chi connectivity index (χ3n) is 15.1. The smallest absolute Gasteiger partial charge is 0.246 e. The first-order valence-corrected chi connectivity index (χ1v) is 28.0. The molecule has 8 atom stereocenters. The molecule has 4 aromatic rings. The number of anilines is 1. The van der Waals surface area contributed by atoms with Crippen molar-refractivity contribution in [3.8, 4) is 10.4 Å². The van der Waals surface area contributed by atoms with Crippen LogP contribution in [0.4, 0.5) is 5.69 Å². The number of amides is 4. The third kappa shape index (κ3) is 16.2. The number of aliphatic hydroxyl groups is 1. The van der Waals surface area contributed by atoms with Crippen LogP contribution in [0.15, 0.2) is 72.2 Å². The fourth-order valence-corrected chi connectivity index (χ4v) is 11.5. The van der Waals surface area contributed by atoms with Crippen molar-refractivity contribution in [2.24, 2.45) is 34.6 Å². The average molecular weight is 1080 g/mol. The largest absolute Gasteiger partial charge is 0.393 e. The number of Topliss-reactive ketones (excluding diaryl/α,β-unsaturated/α-hetero) is 2. The molecule has 1 fully saturated rings. The SMILES string of the molecule is Cc1ncsc1-c1ccc(CNC(=O)[C@@H]2C[C@@H](O)CC2C(=O)[C@@H](NC(=O)COCCOCCOCCCc2ccc(CO[C@H](C)[C@H](CCC(N)=O)CC(=O)[C@@H]3Cc4cccc5c4N3C(=O)[C@@H](N)CC5)cc2)C(C)(C)C)cc1. The molecular formula is C59H78N6O11S. The van der Waals surface area contributed by atoms with Gasteiger partial charge in [0.25, 0.3) is 0 Å². The lowest BCUT2D eigenvalue weighted by atomic mass is 9.77. The Bertz CT molecular complexity index is 2650. The van der Waals surface area contributed by atoms with Gasteiger partial charge in [-0.2, -0.15) is 0 Å². The minimum absolute atomic E-state index is 0.0769. The van der Waals surface area contributed by atoms with E-state index in [1.165, 1.54) is 0 Å². The summed E-state index contributed by atoms with van der Waals surface area (Å²) < 4.78 is 23.3. The predicted octanol–water partition coefficient (Wildman–Crippen LogP) is 5.88. The van der Waals surface area contributed by atoms with Gasteiger partial charge in [-0.25, -0.2) is 4.98 Å². The number of ketones is 2. The van der Waals surface area contributed by atoms with Crippen LogP contribution in [0.2, 0.25) is 0 Å². The van der Waals surface area contributed by atoms with Crippen LogP contribution in [-0.4, -0.2) is 115 Å². The third-order valence-corrected chi connectivity index (χ3v) is 16.1. The summed E-state index contributed by atoms with van der Waals surface area (Å²) in [5.41, 5.74) is 20.8. The number of aromatic nitrogens is 1. The van der Waals surface area contributed by atoms with Crippen molar-refractivity contribution < 1.29 is 52.8 Å². The van der Waals surface area contributed by atoms with Gasteiger partial charge < -0.3 is 46.2 Å². The van der Waals surface area contributed by atoms with E-state index in [4.69, 9.17) is 30.4 Å². The molecule has 0 spiro atoms. The van der Waals surface area contributed by atoms with Gasteiger partial charge in [-0.3, -0.25) is 33.7 Å². The number of thiazole rings is 1. The summed E-state index contributed by atoms with van der Waals surface area (Å²) in [6.45, 7) is 11.5. The molecule has 1 aliphatic carbocycles. The molecule has 4 amide bonds. The van der Waals surface area contributed by atoms with Crippen molar-refractivity contribution in [1.29, 1.82) is 0 Å². The van der Waals surface area contributed by atoms with Gasteiger partial charge in [-0.1, -0.05) is 87.5 Å². The fourth-order valence-electron chi connectivity index (χ4n) is 10.7. The zero-order chi connectivity index (χ0) is 55.2. The summed E-state index contributed by atoms with van der Waals surface area (Å²) in [6.07, 6.45) is 3.06. The molecule has 77 heavy (non-hydrogen) atoms. The minimum atomic E-state index is -0.900. The highest BCUT2D eigenvalue weighted by Crippen LogP contribution is 2.40. The highest BCUT2D eigenvalue weighted by Gasteiger charge is 2.47. The Labute approximate surface area is 456 Å². The minimum Gasteiger partial charge on any atom is -0.393 e. The number of nitrogens with zero attached hydrogens (tertiary/aromatic N) is 2. The molecule has 7 N–H and O–H groups in total. The summed E-state index contributed by atoms with van der Waals surface area (Å²) in [5.74, 6) is -3.56. The zero-order valence-electron chi connectivity index (χ0n) is 45.3. The number of carbonyl (C=O) groups is 6. The first-order valence-electron chi connectivity index (χ1n) is 27.1. The molecule has 0 radical (unpaired) electrons. The van der Waals surface area contributed by atoms with Crippen LogP contribution in [0.5, 0.6) is 0 Å². The maximum absolute atomic E-state index is 14.0. The van der Waals surface area contributed by atoms with Crippen LogP contribution in [0.25, 0.3) is 10.4 Å². The predicted molar refractivity (Wildman–Crippen MR) is 293 cm³/mol. The molecule has 0 bridgehead atoms. The van der Waals surface area contributed by atoms with E-state index in [0.29, 0.717) is 52.1 Å². The Morgan fingerprint density at radius 2 is 1.55 bits per heavy atom. The maximum atomic E-state index is 14.0. The number of hydrogen-bond donors (Lipinski definition) is 5. The normalized spacial score (nSPS) is 20.3. The monoisotopic (exact) mass is 1080 g/mol. The van der Waals surface area contributed by atoms with E-state index in [9.17, 15) is 33.9 Å². The molecule has 3 aromatic carbocycles. The fraction of sp³-hybridized carbons (Fsp3) is 0.542. The van der Waals surface area contributed by atoms with Gasteiger partial charge in [-0.05, 0) is 104 Å². The Morgan fingerprint density at radius 1 is 0.883 bits per heavy atom. The summed E-state index contributed by atoms with van der Waals surface area (Å²) >= 11 is 1.57. The van der Waals surface area contributed by atoms with Crippen molar-refractivity contribution in [2.75, 3.05) is 44.5 Å². The summed E-state index contributed by atoms with van der Waals surface area (Å²) in [4.78, 5) is 86.9. The summed E-state index contributed by atoms with van der Waals surface area (Å²) in [6, 6.07) is 19.8. The van der Waals surface area contributed by atoms with Crippen molar-refractivity contribution >= 4 is 52.2 Å². The molecule has 0 saturated heterocycles. The number of nitrogens with two attached hydrogens (primary N) is 2. The van der Waals surface area contributed by atoms with E-state index < -0.39 is 53.3 Å².